The summed E-state index contributed by atoms with van der Waals surface area (Å²) in [5, 5.41) is 9.14. The number of methoxy groups -OCH3 is 1. The van der Waals surface area contributed by atoms with Crippen LogP contribution in [-0.4, -0.2) is 38.1 Å². The second kappa shape index (κ2) is 6.61. The molecule has 1 N–H and O–H groups in total. The molecule has 0 radical (unpaired) electrons. The van der Waals surface area contributed by atoms with Gasteiger partial charge in [-0.15, -0.1) is 0 Å². The SMILES string of the molecule is COc1cccc(OC2CCOCC2)c1CCO. The van der Waals surface area contributed by atoms with Gasteiger partial charge in [0.2, 0.25) is 0 Å². The maximum atomic E-state index is 9.14. The fourth-order valence-corrected chi connectivity index (χ4v) is 2.18. The molecule has 0 aromatic heterocycles. The summed E-state index contributed by atoms with van der Waals surface area (Å²) in [5.74, 6) is 1.59. The van der Waals surface area contributed by atoms with Crippen molar-refractivity contribution >= 4 is 0 Å². The Kier molecular flexibility index (Phi) is 4.84. The second-order valence-electron chi connectivity index (χ2n) is 4.34. The van der Waals surface area contributed by atoms with Gasteiger partial charge in [-0.05, 0) is 12.1 Å². The van der Waals surface area contributed by atoms with Crippen LogP contribution in [0, 0.1) is 0 Å². The van der Waals surface area contributed by atoms with Crippen LogP contribution >= 0.6 is 0 Å². The molecule has 1 aliphatic heterocycles. The first-order chi connectivity index (χ1) is 8.85. The molecule has 0 atom stereocenters. The quantitative estimate of drug-likeness (QED) is 0.868. The molecule has 4 nitrogen and oxygen atoms in total. The largest absolute Gasteiger partial charge is 0.496 e. The minimum atomic E-state index is 0.0878. The summed E-state index contributed by atoms with van der Waals surface area (Å²) in [6.45, 7) is 1.60. The molecule has 0 saturated carbocycles. The normalized spacial score (nSPS) is 16.6. The first kappa shape index (κ1) is 13.2. The molecule has 0 amide bonds. The lowest BCUT2D eigenvalue weighted by Crippen LogP contribution is -2.26. The van der Waals surface area contributed by atoms with Crippen LogP contribution < -0.4 is 9.47 Å². The molecular formula is C14H20O4. The van der Waals surface area contributed by atoms with E-state index < -0.39 is 0 Å². The molecule has 18 heavy (non-hydrogen) atoms. The van der Waals surface area contributed by atoms with Crippen LogP contribution in [0.1, 0.15) is 18.4 Å². The standard InChI is InChI=1S/C14H20O4/c1-16-13-3-2-4-14(12(13)5-8-15)18-11-6-9-17-10-7-11/h2-4,11,15H,5-10H2,1H3. The maximum absolute atomic E-state index is 9.14. The van der Waals surface area contributed by atoms with E-state index in [9.17, 15) is 0 Å². The Morgan fingerprint density at radius 3 is 2.67 bits per heavy atom. The summed E-state index contributed by atoms with van der Waals surface area (Å²) < 4.78 is 16.6. The Morgan fingerprint density at radius 1 is 1.28 bits per heavy atom. The molecule has 1 aromatic carbocycles. The molecule has 100 valence electrons. The summed E-state index contributed by atoms with van der Waals surface area (Å²) in [4.78, 5) is 0. The van der Waals surface area contributed by atoms with Crippen molar-refractivity contribution in [3.8, 4) is 11.5 Å². The highest BCUT2D eigenvalue weighted by Gasteiger charge is 2.18. The monoisotopic (exact) mass is 252 g/mol. The zero-order valence-corrected chi connectivity index (χ0v) is 10.7. The van der Waals surface area contributed by atoms with Gasteiger partial charge in [-0.1, -0.05) is 6.07 Å². The summed E-state index contributed by atoms with van der Waals surface area (Å²) in [7, 11) is 1.63. The number of aliphatic hydroxyl groups is 1. The molecule has 1 heterocycles. The number of benzene rings is 1. The predicted octanol–water partition coefficient (Wildman–Crippen LogP) is 1.79. The van der Waals surface area contributed by atoms with E-state index in [0.717, 1.165) is 43.1 Å². The van der Waals surface area contributed by atoms with Crippen LogP contribution in [0.3, 0.4) is 0 Å². The van der Waals surface area contributed by atoms with Gasteiger partial charge in [-0.25, -0.2) is 0 Å². The Hall–Kier alpha value is -1.26. The van der Waals surface area contributed by atoms with Gasteiger partial charge in [0.15, 0.2) is 0 Å². The van der Waals surface area contributed by atoms with Crippen LogP contribution in [0.2, 0.25) is 0 Å². The summed E-state index contributed by atoms with van der Waals surface area (Å²) in [5.41, 5.74) is 0.939. The second-order valence-corrected chi connectivity index (χ2v) is 4.34. The van der Waals surface area contributed by atoms with Crippen molar-refractivity contribution in [2.24, 2.45) is 0 Å². The molecule has 0 unspecified atom stereocenters. The predicted molar refractivity (Wildman–Crippen MR) is 68.3 cm³/mol. The molecule has 0 bridgehead atoms. The van der Waals surface area contributed by atoms with E-state index in [4.69, 9.17) is 19.3 Å². The van der Waals surface area contributed by atoms with Crippen LogP contribution in [0.4, 0.5) is 0 Å². The Morgan fingerprint density at radius 2 is 2.00 bits per heavy atom. The van der Waals surface area contributed by atoms with Crippen LogP contribution in [0.15, 0.2) is 18.2 Å². The molecule has 4 heteroatoms. The lowest BCUT2D eigenvalue weighted by molar-refractivity contribution is 0.0250. The maximum Gasteiger partial charge on any atom is 0.126 e. The van der Waals surface area contributed by atoms with Gasteiger partial charge in [0, 0.05) is 31.4 Å². The van der Waals surface area contributed by atoms with Gasteiger partial charge >= 0.3 is 0 Å². The molecular weight excluding hydrogens is 232 g/mol. The lowest BCUT2D eigenvalue weighted by atomic mass is 10.1. The van der Waals surface area contributed by atoms with E-state index in [1.54, 1.807) is 7.11 Å². The minimum absolute atomic E-state index is 0.0878. The van der Waals surface area contributed by atoms with Crippen LogP contribution in [0.25, 0.3) is 0 Å². The summed E-state index contributed by atoms with van der Waals surface area (Å²) >= 11 is 0. The smallest absolute Gasteiger partial charge is 0.126 e. The van der Waals surface area contributed by atoms with E-state index in [2.05, 4.69) is 0 Å². The third-order valence-electron chi connectivity index (χ3n) is 3.13. The van der Waals surface area contributed by atoms with Crippen LogP contribution in [-0.2, 0) is 11.2 Å². The molecule has 0 spiro atoms. The van der Waals surface area contributed by atoms with Gasteiger partial charge in [0.25, 0.3) is 0 Å². The van der Waals surface area contributed by atoms with E-state index in [1.165, 1.54) is 0 Å². The number of aliphatic hydroxyl groups excluding tert-OH is 1. The Bertz CT molecular complexity index is 372. The summed E-state index contributed by atoms with van der Waals surface area (Å²) in [6.07, 6.45) is 2.57. The minimum Gasteiger partial charge on any atom is -0.496 e. The fourth-order valence-electron chi connectivity index (χ4n) is 2.18. The molecule has 1 aliphatic rings. The number of rotatable bonds is 5. The third-order valence-corrected chi connectivity index (χ3v) is 3.13. The van der Waals surface area contributed by atoms with Gasteiger partial charge in [-0.2, -0.15) is 0 Å². The zero-order chi connectivity index (χ0) is 12.8. The van der Waals surface area contributed by atoms with E-state index >= 15 is 0 Å². The van der Waals surface area contributed by atoms with Crippen molar-refractivity contribution in [3.63, 3.8) is 0 Å². The highest BCUT2D eigenvalue weighted by atomic mass is 16.5. The average Bonchev–Trinajstić information content (AvgIpc) is 2.42. The highest BCUT2D eigenvalue weighted by molar-refractivity contribution is 5.45. The molecule has 1 aromatic rings. The lowest BCUT2D eigenvalue weighted by Gasteiger charge is -2.25. The van der Waals surface area contributed by atoms with Gasteiger partial charge in [0.1, 0.15) is 17.6 Å². The van der Waals surface area contributed by atoms with Crippen molar-refractivity contribution in [1.82, 2.24) is 0 Å². The van der Waals surface area contributed by atoms with Crippen molar-refractivity contribution in [2.75, 3.05) is 26.9 Å². The van der Waals surface area contributed by atoms with Gasteiger partial charge in [-0.3, -0.25) is 0 Å². The highest BCUT2D eigenvalue weighted by Crippen LogP contribution is 2.30. The van der Waals surface area contributed by atoms with Crippen molar-refractivity contribution in [1.29, 1.82) is 0 Å². The van der Waals surface area contributed by atoms with Gasteiger partial charge in [0.05, 0.1) is 20.3 Å². The van der Waals surface area contributed by atoms with E-state index in [-0.39, 0.29) is 12.7 Å². The Labute approximate surface area is 107 Å². The van der Waals surface area contributed by atoms with E-state index in [1.807, 2.05) is 18.2 Å². The molecule has 2 rings (SSSR count). The zero-order valence-electron chi connectivity index (χ0n) is 10.7. The third kappa shape index (κ3) is 3.15. The molecule has 0 aliphatic carbocycles. The number of hydrogen-bond acceptors (Lipinski definition) is 4. The van der Waals surface area contributed by atoms with Crippen LogP contribution in [0.5, 0.6) is 11.5 Å². The van der Waals surface area contributed by atoms with Crippen molar-refractivity contribution < 1.29 is 19.3 Å². The average molecular weight is 252 g/mol. The summed E-state index contributed by atoms with van der Waals surface area (Å²) in [6, 6.07) is 5.74. The topological polar surface area (TPSA) is 47.9 Å². The molecule has 1 fully saturated rings. The number of hydrogen-bond donors (Lipinski definition) is 1. The first-order valence-corrected chi connectivity index (χ1v) is 6.36. The van der Waals surface area contributed by atoms with Crippen molar-refractivity contribution in [3.05, 3.63) is 23.8 Å². The van der Waals surface area contributed by atoms with Gasteiger partial charge < -0.3 is 19.3 Å². The van der Waals surface area contributed by atoms with E-state index in [0.29, 0.717) is 6.42 Å². The fraction of sp³-hybridized carbons (Fsp3) is 0.571. The molecule has 1 saturated heterocycles. The van der Waals surface area contributed by atoms with Crippen molar-refractivity contribution in [2.45, 2.75) is 25.4 Å². The Balaban J connectivity index is 2.14. The first-order valence-electron chi connectivity index (χ1n) is 6.36. The number of ether oxygens (including phenoxy) is 3.